The number of nitrogens with one attached hydrogen (secondary N) is 1. The molecule has 4 aromatic rings. The van der Waals surface area contributed by atoms with Crippen LogP contribution in [0, 0.1) is 5.82 Å². The number of carboxylic acids is 1. The van der Waals surface area contributed by atoms with E-state index >= 15 is 0 Å². The number of carboxylic acid groups (broad SMARTS) is 1. The van der Waals surface area contributed by atoms with Gasteiger partial charge in [-0.3, -0.25) is 4.79 Å². The van der Waals surface area contributed by atoms with Crippen molar-refractivity contribution in [2.75, 3.05) is 0 Å². The van der Waals surface area contributed by atoms with Gasteiger partial charge in [-0.15, -0.1) is 0 Å². The van der Waals surface area contributed by atoms with E-state index in [9.17, 15) is 45.4 Å². The fraction of sp³-hybridized carbons (Fsp3) is 0.148. The summed E-state index contributed by atoms with van der Waals surface area (Å²) < 4.78 is 93.6. The molecule has 0 unspecified atom stereocenters. The number of halogens is 7. The van der Waals surface area contributed by atoms with Crippen LogP contribution in [0.3, 0.4) is 0 Å². The van der Waals surface area contributed by atoms with Crippen molar-refractivity contribution in [3.05, 3.63) is 107 Å². The van der Waals surface area contributed by atoms with E-state index in [1.165, 1.54) is 36.4 Å². The Morgan fingerprint density at radius 3 is 1.88 bits per heavy atom. The highest BCUT2D eigenvalue weighted by atomic mass is 19.4. The van der Waals surface area contributed by atoms with Crippen LogP contribution < -0.4 is 5.32 Å². The lowest BCUT2D eigenvalue weighted by Gasteiger charge is -2.16. The Labute approximate surface area is 221 Å². The zero-order chi connectivity index (χ0) is 29.2. The monoisotopic (exact) mass is 565 g/mol. The van der Waals surface area contributed by atoms with Crippen LogP contribution in [0.15, 0.2) is 79.0 Å². The van der Waals surface area contributed by atoms with Gasteiger partial charge in [0.1, 0.15) is 11.9 Å². The summed E-state index contributed by atoms with van der Waals surface area (Å²) in [5.74, 6) is -3.55. The number of carbonyl (C=O) groups excluding carboxylic acids is 1. The molecule has 0 aliphatic carbocycles. The van der Waals surface area contributed by atoms with E-state index in [0.29, 0.717) is 27.6 Å². The smallest absolute Gasteiger partial charge is 0.434 e. The molecule has 1 atom stereocenters. The summed E-state index contributed by atoms with van der Waals surface area (Å²) in [6.07, 6.45) is -9.22. The third kappa shape index (κ3) is 6.30. The summed E-state index contributed by atoms with van der Waals surface area (Å²) in [5.41, 5.74) is -1.99. The summed E-state index contributed by atoms with van der Waals surface area (Å²) in [4.78, 5) is 24.6. The number of nitrogens with zero attached hydrogens (tertiary/aromatic N) is 2. The molecular formula is C27H18F7N3O3. The maximum absolute atomic E-state index is 13.9. The van der Waals surface area contributed by atoms with Gasteiger partial charge in [0, 0.05) is 6.42 Å². The van der Waals surface area contributed by atoms with Crippen molar-refractivity contribution in [2.45, 2.75) is 24.8 Å². The fourth-order valence-corrected chi connectivity index (χ4v) is 3.92. The molecule has 13 heteroatoms. The van der Waals surface area contributed by atoms with Crippen LogP contribution >= 0.6 is 0 Å². The Morgan fingerprint density at radius 1 is 0.825 bits per heavy atom. The molecule has 1 heterocycles. The second-order valence-corrected chi connectivity index (χ2v) is 8.63. The van der Waals surface area contributed by atoms with Gasteiger partial charge in [-0.1, -0.05) is 36.4 Å². The predicted molar refractivity (Wildman–Crippen MR) is 128 cm³/mol. The summed E-state index contributed by atoms with van der Waals surface area (Å²) in [7, 11) is 0. The van der Waals surface area contributed by atoms with Gasteiger partial charge in [0.05, 0.1) is 23.0 Å². The van der Waals surface area contributed by atoms with Gasteiger partial charge in [-0.25, -0.2) is 13.9 Å². The minimum atomic E-state index is -5.07. The van der Waals surface area contributed by atoms with Crippen molar-refractivity contribution in [1.29, 1.82) is 0 Å². The van der Waals surface area contributed by atoms with E-state index in [1.807, 2.05) is 0 Å². The number of aliphatic carboxylic acids is 1. The number of carbonyl (C=O) groups is 2. The van der Waals surface area contributed by atoms with Crippen LogP contribution in [0.25, 0.3) is 16.8 Å². The van der Waals surface area contributed by atoms with Crippen molar-refractivity contribution in [1.82, 2.24) is 15.1 Å². The zero-order valence-corrected chi connectivity index (χ0v) is 20.1. The normalized spacial score (nSPS) is 12.7. The fourth-order valence-electron chi connectivity index (χ4n) is 3.92. The van der Waals surface area contributed by atoms with E-state index in [1.54, 1.807) is 0 Å². The molecule has 0 saturated carbocycles. The highest BCUT2D eigenvalue weighted by Crippen LogP contribution is 2.34. The van der Waals surface area contributed by atoms with Crippen molar-refractivity contribution in [3.63, 3.8) is 0 Å². The number of alkyl halides is 6. The van der Waals surface area contributed by atoms with E-state index in [4.69, 9.17) is 0 Å². The molecule has 0 radical (unpaired) electrons. The minimum absolute atomic E-state index is 0.171. The molecule has 0 fully saturated rings. The lowest BCUT2D eigenvalue weighted by atomic mass is 9.99. The highest BCUT2D eigenvalue weighted by Gasteiger charge is 2.41. The lowest BCUT2D eigenvalue weighted by molar-refractivity contribution is -0.143. The first kappa shape index (κ1) is 28.3. The number of aromatic nitrogens is 2. The van der Waals surface area contributed by atoms with E-state index in [-0.39, 0.29) is 12.1 Å². The molecule has 6 nitrogen and oxygen atoms in total. The summed E-state index contributed by atoms with van der Waals surface area (Å²) in [6.45, 7) is 0. The van der Waals surface area contributed by atoms with E-state index in [2.05, 4.69) is 10.4 Å². The zero-order valence-electron chi connectivity index (χ0n) is 20.1. The Bertz CT molecular complexity index is 1510. The van der Waals surface area contributed by atoms with Crippen molar-refractivity contribution >= 4 is 11.9 Å². The van der Waals surface area contributed by atoms with Crippen molar-refractivity contribution < 1.29 is 45.4 Å². The Kier molecular flexibility index (Phi) is 7.67. The standard InChI is InChI=1S/C27H18F7N3O3/c28-19-9-11-20(12-10-19)37-23(27(32,33)34)21(14-35-37)24(38)36-22(25(39)40)13-15-1-3-16(4-2-15)17-5-7-18(8-6-17)26(29,30)31/h1-12,14,22H,13H2,(H,36,38)(H,39,40)/t22-/m0/s1. The molecule has 40 heavy (non-hydrogen) atoms. The third-order valence-electron chi connectivity index (χ3n) is 5.90. The first-order chi connectivity index (χ1) is 18.7. The molecule has 4 rings (SSSR count). The molecule has 3 aromatic carbocycles. The number of benzene rings is 3. The minimum Gasteiger partial charge on any atom is -0.480 e. The van der Waals surface area contributed by atoms with Crippen molar-refractivity contribution in [3.8, 4) is 16.8 Å². The number of hydrogen-bond donors (Lipinski definition) is 2. The molecule has 1 amide bonds. The SMILES string of the molecule is O=C(N[C@@H](Cc1ccc(-c2ccc(C(F)(F)F)cc2)cc1)C(=O)O)c1cnn(-c2ccc(F)cc2)c1C(F)(F)F. The van der Waals surface area contributed by atoms with Crippen molar-refractivity contribution in [2.24, 2.45) is 0 Å². The largest absolute Gasteiger partial charge is 0.480 e. The molecule has 0 bridgehead atoms. The Hall–Kier alpha value is -4.68. The second kappa shape index (κ2) is 10.8. The lowest BCUT2D eigenvalue weighted by Crippen LogP contribution is -2.42. The van der Waals surface area contributed by atoms with Crippen LogP contribution in [0.2, 0.25) is 0 Å². The first-order valence-electron chi connectivity index (χ1n) is 11.5. The highest BCUT2D eigenvalue weighted by molar-refractivity contribution is 5.97. The van der Waals surface area contributed by atoms with Crippen LogP contribution in [-0.4, -0.2) is 32.8 Å². The first-order valence-corrected chi connectivity index (χ1v) is 11.5. The van der Waals surface area contributed by atoms with Gasteiger partial charge in [0.15, 0.2) is 5.69 Å². The van der Waals surface area contributed by atoms with Crippen LogP contribution in [0.1, 0.15) is 27.2 Å². The molecule has 1 aromatic heterocycles. The van der Waals surface area contributed by atoms with E-state index < -0.39 is 52.9 Å². The van der Waals surface area contributed by atoms with Gasteiger partial charge in [-0.2, -0.15) is 31.4 Å². The molecule has 2 N–H and O–H groups in total. The van der Waals surface area contributed by atoms with E-state index in [0.717, 1.165) is 36.4 Å². The van der Waals surface area contributed by atoms with Gasteiger partial charge >= 0.3 is 18.3 Å². The molecule has 0 saturated heterocycles. The van der Waals surface area contributed by atoms with Crippen LogP contribution in [-0.2, 0) is 23.6 Å². The van der Waals surface area contributed by atoms with Gasteiger partial charge in [0.25, 0.3) is 5.91 Å². The Morgan fingerprint density at radius 2 is 1.38 bits per heavy atom. The molecular weight excluding hydrogens is 547 g/mol. The quantitative estimate of drug-likeness (QED) is 0.264. The number of hydrogen-bond acceptors (Lipinski definition) is 3. The summed E-state index contributed by atoms with van der Waals surface area (Å²) in [6, 6.07) is 12.7. The predicted octanol–water partition coefficient (Wildman–Crippen LogP) is 6.14. The molecule has 0 aliphatic rings. The summed E-state index contributed by atoms with van der Waals surface area (Å²) >= 11 is 0. The average Bonchev–Trinajstić information content (AvgIpc) is 3.35. The second-order valence-electron chi connectivity index (χ2n) is 8.63. The van der Waals surface area contributed by atoms with Crippen LogP contribution in [0.5, 0.6) is 0 Å². The average molecular weight is 565 g/mol. The molecule has 0 aliphatic heterocycles. The molecule has 0 spiro atoms. The number of amides is 1. The topological polar surface area (TPSA) is 84.2 Å². The number of rotatable bonds is 7. The molecule has 208 valence electrons. The maximum atomic E-state index is 13.9. The van der Waals surface area contributed by atoms with Gasteiger partial charge in [0.2, 0.25) is 0 Å². The third-order valence-corrected chi connectivity index (χ3v) is 5.90. The van der Waals surface area contributed by atoms with Gasteiger partial charge in [-0.05, 0) is 53.1 Å². The Balaban J connectivity index is 1.53. The van der Waals surface area contributed by atoms with Gasteiger partial charge < -0.3 is 10.4 Å². The van der Waals surface area contributed by atoms with Crippen LogP contribution in [0.4, 0.5) is 30.7 Å². The summed E-state index contributed by atoms with van der Waals surface area (Å²) in [5, 5.41) is 15.3. The maximum Gasteiger partial charge on any atom is 0.434 e.